The summed E-state index contributed by atoms with van der Waals surface area (Å²) in [6.45, 7) is 7.89. The van der Waals surface area contributed by atoms with Gasteiger partial charge >= 0.3 is 0 Å². The molecular formula is C11H17NOS2. The van der Waals surface area contributed by atoms with Gasteiger partial charge in [-0.25, -0.2) is 0 Å². The third-order valence-corrected chi connectivity index (χ3v) is 4.01. The molecule has 0 spiro atoms. The molecule has 1 heterocycles. The van der Waals surface area contributed by atoms with E-state index >= 15 is 0 Å². The zero-order valence-electron chi connectivity index (χ0n) is 9.23. The Morgan fingerprint density at radius 3 is 3.00 bits per heavy atom. The predicted octanol–water partition coefficient (Wildman–Crippen LogP) is 2.84. The molecule has 1 aliphatic rings. The summed E-state index contributed by atoms with van der Waals surface area (Å²) < 4.78 is 0.739. The van der Waals surface area contributed by atoms with Crippen molar-refractivity contribution in [3.8, 4) is 0 Å². The van der Waals surface area contributed by atoms with Crippen molar-refractivity contribution in [3.05, 3.63) is 12.7 Å². The van der Waals surface area contributed by atoms with Gasteiger partial charge in [0.2, 0.25) is 5.91 Å². The van der Waals surface area contributed by atoms with E-state index < -0.39 is 0 Å². The first-order valence-electron chi connectivity index (χ1n) is 5.17. The molecule has 1 aliphatic heterocycles. The Hall–Kier alpha value is -0.350. The summed E-state index contributed by atoms with van der Waals surface area (Å²) in [6.07, 6.45) is 3.02. The summed E-state index contributed by atoms with van der Waals surface area (Å²) in [4.78, 5) is 13.7. The second-order valence-electron chi connectivity index (χ2n) is 3.98. The molecule has 0 aliphatic carbocycles. The summed E-state index contributed by atoms with van der Waals surface area (Å²) in [5, 5.41) is 0. The average Bonchev–Trinajstić information content (AvgIpc) is 2.56. The Balaban J connectivity index is 2.67. The van der Waals surface area contributed by atoms with Gasteiger partial charge in [0.05, 0.1) is 0 Å². The van der Waals surface area contributed by atoms with Crippen LogP contribution in [0.5, 0.6) is 0 Å². The van der Waals surface area contributed by atoms with Crippen LogP contribution in [0.15, 0.2) is 12.7 Å². The lowest BCUT2D eigenvalue weighted by atomic mass is 10.0. The fourth-order valence-corrected chi connectivity index (χ4v) is 3.22. The minimum Gasteiger partial charge on any atom is -0.294 e. The Labute approximate surface area is 101 Å². The standard InChI is InChI=1S/C11H17NOS2/c1-4-5-6-10(13)12-9(8(2)3)7-15-11(12)14/h4,8-9H,1,5-7H2,2-3H3. The van der Waals surface area contributed by atoms with Crippen molar-refractivity contribution in [2.24, 2.45) is 5.92 Å². The third kappa shape index (κ3) is 3.05. The maximum Gasteiger partial charge on any atom is 0.228 e. The second kappa shape index (κ2) is 5.66. The molecule has 1 atom stereocenters. The highest BCUT2D eigenvalue weighted by Crippen LogP contribution is 2.29. The third-order valence-electron chi connectivity index (χ3n) is 2.51. The number of amides is 1. The molecule has 4 heteroatoms. The van der Waals surface area contributed by atoms with Gasteiger partial charge in [-0.1, -0.05) is 43.9 Å². The van der Waals surface area contributed by atoms with Gasteiger partial charge in [-0.2, -0.15) is 0 Å². The SMILES string of the molecule is C=CCCC(=O)N1C(=S)SCC1C(C)C. The van der Waals surface area contributed by atoms with Crippen LogP contribution < -0.4 is 0 Å². The van der Waals surface area contributed by atoms with Crippen LogP contribution in [0.3, 0.4) is 0 Å². The van der Waals surface area contributed by atoms with E-state index in [-0.39, 0.29) is 11.9 Å². The van der Waals surface area contributed by atoms with E-state index in [0.717, 1.165) is 16.5 Å². The van der Waals surface area contributed by atoms with Gasteiger partial charge in [-0.05, 0) is 12.3 Å². The number of hydrogen-bond acceptors (Lipinski definition) is 3. The number of rotatable bonds is 4. The van der Waals surface area contributed by atoms with Crippen molar-refractivity contribution in [2.45, 2.75) is 32.7 Å². The molecule has 2 nitrogen and oxygen atoms in total. The number of thiocarbonyl (C=S) groups is 1. The Morgan fingerprint density at radius 2 is 2.47 bits per heavy atom. The van der Waals surface area contributed by atoms with Gasteiger partial charge in [0.1, 0.15) is 4.32 Å². The first-order chi connectivity index (χ1) is 7.07. The van der Waals surface area contributed by atoms with Crippen molar-refractivity contribution in [2.75, 3.05) is 5.75 Å². The Kier molecular flexibility index (Phi) is 4.80. The van der Waals surface area contributed by atoms with Crippen LogP contribution in [0.4, 0.5) is 0 Å². The lowest BCUT2D eigenvalue weighted by Crippen LogP contribution is -2.41. The van der Waals surface area contributed by atoms with E-state index in [1.165, 1.54) is 0 Å². The van der Waals surface area contributed by atoms with Crippen LogP contribution in [0.2, 0.25) is 0 Å². The lowest BCUT2D eigenvalue weighted by molar-refractivity contribution is -0.128. The van der Waals surface area contributed by atoms with E-state index in [1.807, 2.05) is 0 Å². The molecule has 1 amide bonds. The normalized spacial score (nSPS) is 21.1. The molecule has 1 rings (SSSR count). The van der Waals surface area contributed by atoms with Gasteiger partial charge in [-0.15, -0.1) is 6.58 Å². The Bertz CT molecular complexity index is 276. The van der Waals surface area contributed by atoms with Crippen LogP contribution in [0.25, 0.3) is 0 Å². The quantitative estimate of drug-likeness (QED) is 0.559. The van der Waals surface area contributed by atoms with Crippen LogP contribution in [0.1, 0.15) is 26.7 Å². The molecule has 0 saturated carbocycles. The smallest absolute Gasteiger partial charge is 0.228 e. The van der Waals surface area contributed by atoms with Crippen LogP contribution in [-0.2, 0) is 4.79 Å². The summed E-state index contributed by atoms with van der Waals surface area (Å²) in [7, 11) is 0. The molecule has 0 aromatic carbocycles. The zero-order chi connectivity index (χ0) is 11.4. The first-order valence-corrected chi connectivity index (χ1v) is 6.57. The van der Waals surface area contributed by atoms with Gasteiger partial charge in [0, 0.05) is 18.2 Å². The summed E-state index contributed by atoms with van der Waals surface area (Å²) in [5.41, 5.74) is 0. The Morgan fingerprint density at radius 1 is 1.80 bits per heavy atom. The molecular weight excluding hydrogens is 226 g/mol. The molecule has 0 N–H and O–H groups in total. The van der Waals surface area contributed by atoms with Crippen LogP contribution in [0, 0.1) is 5.92 Å². The average molecular weight is 243 g/mol. The maximum atomic E-state index is 11.9. The van der Waals surface area contributed by atoms with Gasteiger partial charge in [0.15, 0.2) is 0 Å². The number of nitrogens with zero attached hydrogens (tertiary/aromatic N) is 1. The zero-order valence-corrected chi connectivity index (χ0v) is 10.9. The maximum absolute atomic E-state index is 11.9. The van der Waals surface area contributed by atoms with E-state index in [0.29, 0.717) is 12.3 Å². The molecule has 0 aromatic rings. The van der Waals surface area contributed by atoms with Crippen molar-refractivity contribution >= 4 is 34.2 Å². The van der Waals surface area contributed by atoms with Gasteiger partial charge in [-0.3, -0.25) is 9.69 Å². The highest BCUT2D eigenvalue weighted by atomic mass is 32.2. The molecule has 15 heavy (non-hydrogen) atoms. The van der Waals surface area contributed by atoms with Crippen molar-refractivity contribution in [3.63, 3.8) is 0 Å². The number of carbonyl (C=O) groups excluding carboxylic acids is 1. The molecule has 0 aromatic heterocycles. The number of carbonyl (C=O) groups is 1. The van der Waals surface area contributed by atoms with Crippen molar-refractivity contribution < 1.29 is 4.79 Å². The molecule has 84 valence electrons. The molecule has 1 saturated heterocycles. The fraction of sp³-hybridized carbons (Fsp3) is 0.636. The van der Waals surface area contributed by atoms with Gasteiger partial charge in [0.25, 0.3) is 0 Å². The minimum absolute atomic E-state index is 0.142. The molecule has 1 unspecified atom stereocenters. The highest BCUT2D eigenvalue weighted by Gasteiger charge is 2.34. The monoisotopic (exact) mass is 243 g/mol. The van der Waals surface area contributed by atoms with E-state index in [9.17, 15) is 4.79 Å². The van der Waals surface area contributed by atoms with Crippen LogP contribution >= 0.6 is 24.0 Å². The summed E-state index contributed by atoms with van der Waals surface area (Å²) in [6, 6.07) is 0.278. The van der Waals surface area contributed by atoms with Crippen LogP contribution in [-0.4, -0.2) is 26.9 Å². The molecule has 0 bridgehead atoms. The summed E-state index contributed by atoms with van der Waals surface area (Å²) >= 11 is 6.82. The second-order valence-corrected chi connectivity index (χ2v) is 5.63. The first kappa shape index (κ1) is 12.7. The van der Waals surface area contributed by atoms with Crippen molar-refractivity contribution in [1.82, 2.24) is 4.90 Å². The van der Waals surface area contributed by atoms with E-state index in [4.69, 9.17) is 12.2 Å². The minimum atomic E-state index is 0.142. The largest absolute Gasteiger partial charge is 0.294 e. The van der Waals surface area contributed by atoms with E-state index in [2.05, 4.69) is 20.4 Å². The summed E-state index contributed by atoms with van der Waals surface area (Å²) in [5.74, 6) is 1.55. The predicted molar refractivity (Wildman–Crippen MR) is 70.0 cm³/mol. The highest BCUT2D eigenvalue weighted by molar-refractivity contribution is 8.23. The molecule has 0 radical (unpaired) electrons. The van der Waals surface area contributed by atoms with Crippen molar-refractivity contribution in [1.29, 1.82) is 0 Å². The number of thioether (sulfide) groups is 1. The fourth-order valence-electron chi connectivity index (χ4n) is 1.56. The topological polar surface area (TPSA) is 20.3 Å². The van der Waals surface area contributed by atoms with Gasteiger partial charge < -0.3 is 0 Å². The number of hydrogen-bond donors (Lipinski definition) is 0. The number of allylic oxidation sites excluding steroid dienone is 1. The lowest BCUT2D eigenvalue weighted by Gasteiger charge is -2.26. The molecule has 1 fully saturated rings. The van der Waals surface area contributed by atoms with E-state index in [1.54, 1.807) is 22.7 Å².